The Balaban J connectivity index is 3.34. The number of halogens is 3. The van der Waals surface area contributed by atoms with E-state index < -0.39 is 24.5 Å². The predicted octanol–water partition coefficient (Wildman–Crippen LogP) is 2.37. The summed E-state index contributed by atoms with van der Waals surface area (Å²) in [6, 6.07) is 3.56. The zero-order valence-electron chi connectivity index (χ0n) is 10.9. The topological polar surface area (TPSA) is 76.4 Å². The molecule has 0 saturated heterocycles. The van der Waals surface area contributed by atoms with Crippen molar-refractivity contribution in [3.8, 4) is 11.8 Å². The molecule has 21 heavy (non-hydrogen) atoms. The lowest BCUT2D eigenvalue weighted by Crippen LogP contribution is -2.20. The lowest BCUT2D eigenvalue weighted by molar-refractivity contribution is -0.275. The summed E-state index contributed by atoms with van der Waals surface area (Å²) in [4.78, 5) is 22.5. The Hall–Kier alpha value is -2.56. The van der Waals surface area contributed by atoms with Crippen LogP contribution in [0.2, 0.25) is 0 Å². The van der Waals surface area contributed by atoms with E-state index in [4.69, 9.17) is 5.26 Å². The van der Waals surface area contributed by atoms with Crippen LogP contribution in [0.25, 0.3) is 0 Å². The first-order valence-electron chi connectivity index (χ1n) is 5.74. The van der Waals surface area contributed by atoms with Gasteiger partial charge in [-0.15, -0.1) is 13.2 Å². The van der Waals surface area contributed by atoms with Crippen molar-refractivity contribution in [1.82, 2.24) is 0 Å². The Morgan fingerprint density at radius 3 is 2.57 bits per heavy atom. The van der Waals surface area contributed by atoms with Crippen LogP contribution in [0.15, 0.2) is 12.1 Å². The second-order valence-corrected chi connectivity index (χ2v) is 3.76. The van der Waals surface area contributed by atoms with Gasteiger partial charge >= 0.3 is 12.3 Å². The molecular formula is C13H10F3NO4. The number of esters is 1. The van der Waals surface area contributed by atoms with Gasteiger partial charge in [0.05, 0.1) is 24.7 Å². The molecule has 0 atom stereocenters. The van der Waals surface area contributed by atoms with Gasteiger partial charge in [-0.3, -0.25) is 9.59 Å². The van der Waals surface area contributed by atoms with Gasteiger partial charge in [-0.2, -0.15) is 5.26 Å². The maximum Gasteiger partial charge on any atom is 0.573 e. The molecule has 0 aliphatic rings. The summed E-state index contributed by atoms with van der Waals surface area (Å²) in [7, 11) is 0. The van der Waals surface area contributed by atoms with Crippen LogP contribution in [-0.2, 0) is 16.0 Å². The number of alkyl halides is 3. The average Bonchev–Trinajstić information content (AvgIpc) is 2.39. The van der Waals surface area contributed by atoms with Crippen LogP contribution in [0.1, 0.15) is 28.4 Å². The van der Waals surface area contributed by atoms with Crippen LogP contribution in [0.3, 0.4) is 0 Å². The lowest BCUT2D eigenvalue weighted by atomic mass is 9.99. The Kier molecular flexibility index (Phi) is 5.30. The van der Waals surface area contributed by atoms with Gasteiger partial charge in [-0.25, -0.2) is 0 Å². The van der Waals surface area contributed by atoms with Gasteiger partial charge < -0.3 is 9.47 Å². The highest BCUT2D eigenvalue weighted by Crippen LogP contribution is 2.30. The Morgan fingerprint density at radius 1 is 1.43 bits per heavy atom. The molecule has 0 unspecified atom stereocenters. The van der Waals surface area contributed by atoms with E-state index in [0.29, 0.717) is 0 Å². The monoisotopic (exact) mass is 301 g/mol. The summed E-state index contributed by atoms with van der Waals surface area (Å²) in [5.74, 6) is -1.54. The van der Waals surface area contributed by atoms with Crippen molar-refractivity contribution in [2.45, 2.75) is 19.7 Å². The van der Waals surface area contributed by atoms with E-state index in [1.54, 1.807) is 6.07 Å². The van der Waals surface area contributed by atoms with Crippen LogP contribution in [0, 0.1) is 11.3 Å². The fourth-order valence-corrected chi connectivity index (χ4v) is 1.64. The number of nitrogens with zero attached hydrogens (tertiary/aromatic N) is 1. The molecule has 8 heteroatoms. The van der Waals surface area contributed by atoms with Crippen LogP contribution in [0.4, 0.5) is 13.2 Å². The minimum Gasteiger partial charge on any atom is -0.466 e. The largest absolute Gasteiger partial charge is 0.573 e. The second-order valence-electron chi connectivity index (χ2n) is 3.76. The quantitative estimate of drug-likeness (QED) is 0.616. The number of hydrogen-bond donors (Lipinski definition) is 0. The Labute approximate surface area is 117 Å². The van der Waals surface area contributed by atoms with Gasteiger partial charge in [0.15, 0.2) is 6.29 Å². The first-order chi connectivity index (χ1) is 9.82. The molecule has 1 aromatic carbocycles. The Bertz CT molecular complexity index is 590. The average molecular weight is 301 g/mol. The fraction of sp³-hybridized carbons (Fsp3) is 0.308. The second kappa shape index (κ2) is 6.74. The lowest BCUT2D eigenvalue weighted by Gasteiger charge is -2.15. The van der Waals surface area contributed by atoms with E-state index >= 15 is 0 Å². The molecule has 112 valence electrons. The van der Waals surface area contributed by atoms with Crippen molar-refractivity contribution >= 4 is 12.3 Å². The molecule has 0 aliphatic heterocycles. The van der Waals surface area contributed by atoms with Crippen molar-refractivity contribution in [1.29, 1.82) is 5.26 Å². The maximum absolute atomic E-state index is 12.3. The van der Waals surface area contributed by atoms with Crippen molar-refractivity contribution in [3.05, 3.63) is 28.8 Å². The van der Waals surface area contributed by atoms with Crippen LogP contribution >= 0.6 is 0 Å². The molecule has 0 heterocycles. The minimum atomic E-state index is -4.99. The van der Waals surface area contributed by atoms with Gasteiger partial charge in [-0.1, -0.05) is 0 Å². The molecule has 0 aromatic heterocycles. The predicted molar refractivity (Wildman–Crippen MR) is 63.6 cm³/mol. The molecule has 0 fully saturated rings. The number of benzene rings is 1. The number of nitriles is 1. The van der Waals surface area contributed by atoms with E-state index in [0.717, 1.165) is 12.1 Å². The van der Waals surface area contributed by atoms with Crippen LogP contribution < -0.4 is 4.74 Å². The van der Waals surface area contributed by atoms with E-state index in [1.165, 1.54) is 6.92 Å². The van der Waals surface area contributed by atoms with Crippen LogP contribution in [0.5, 0.6) is 5.75 Å². The third-order valence-electron chi connectivity index (χ3n) is 2.40. The third-order valence-corrected chi connectivity index (χ3v) is 2.40. The molecular weight excluding hydrogens is 291 g/mol. The standard InChI is InChI=1S/C13H10F3NO4/c1-2-20-12(19)5-9-10(7-18)8(6-17)3-4-11(9)21-13(14,15)16/h3-4,7H,2,5H2,1H3. The van der Waals surface area contributed by atoms with E-state index in [-0.39, 0.29) is 29.6 Å². The summed E-state index contributed by atoms with van der Waals surface area (Å²) in [6.45, 7) is 1.56. The van der Waals surface area contributed by atoms with Gasteiger partial charge in [0.2, 0.25) is 0 Å². The normalized spacial score (nSPS) is 10.6. The first-order valence-corrected chi connectivity index (χ1v) is 5.74. The highest BCUT2D eigenvalue weighted by Gasteiger charge is 2.33. The molecule has 0 radical (unpaired) electrons. The number of aldehydes is 1. The zero-order chi connectivity index (χ0) is 16.0. The summed E-state index contributed by atoms with van der Waals surface area (Å²) in [5, 5.41) is 8.85. The van der Waals surface area contributed by atoms with Gasteiger partial charge in [0.25, 0.3) is 0 Å². The molecule has 0 saturated carbocycles. The van der Waals surface area contributed by atoms with Crippen molar-refractivity contribution in [3.63, 3.8) is 0 Å². The number of ether oxygens (including phenoxy) is 2. The highest BCUT2D eigenvalue weighted by molar-refractivity contribution is 5.86. The van der Waals surface area contributed by atoms with E-state index in [9.17, 15) is 22.8 Å². The molecule has 0 N–H and O–H groups in total. The summed E-state index contributed by atoms with van der Waals surface area (Å²) in [5.41, 5.74) is -0.814. The molecule has 1 rings (SSSR count). The first kappa shape index (κ1) is 16.5. The highest BCUT2D eigenvalue weighted by atomic mass is 19.4. The number of carbonyl (C=O) groups is 2. The summed E-state index contributed by atoms with van der Waals surface area (Å²) < 4.78 is 45.4. The van der Waals surface area contributed by atoms with Gasteiger partial charge in [0, 0.05) is 11.1 Å². The minimum absolute atomic E-state index is 0.0304. The van der Waals surface area contributed by atoms with Crippen LogP contribution in [-0.4, -0.2) is 25.2 Å². The number of carbonyl (C=O) groups excluding carboxylic acids is 2. The number of hydrogen-bond acceptors (Lipinski definition) is 5. The number of rotatable bonds is 5. The summed E-state index contributed by atoms with van der Waals surface area (Å²) >= 11 is 0. The molecule has 0 aliphatic carbocycles. The van der Waals surface area contributed by atoms with E-state index in [1.807, 2.05) is 0 Å². The SMILES string of the molecule is CCOC(=O)Cc1c(OC(F)(F)F)ccc(C#N)c1C=O. The Morgan fingerprint density at radius 2 is 2.10 bits per heavy atom. The molecule has 0 spiro atoms. The van der Waals surface area contributed by atoms with Gasteiger partial charge in [0.1, 0.15) is 5.75 Å². The van der Waals surface area contributed by atoms with Crippen molar-refractivity contribution < 1.29 is 32.2 Å². The third kappa shape index (κ3) is 4.49. The zero-order valence-corrected chi connectivity index (χ0v) is 10.9. The smallest absolute Gasteiger partial charge is 0.466 e. The van der Waals surface area contributed by atoms with Crippen molar-refractivity contribution in [2.75, 3.05) is 6.61 Å². The maximum atomic E-state index is 12.3. The molecule has 0 amide bonds. The fourth-order valence-electron chi connectivity index (χ4n) is 1.64. The van der Waals surface area contributed by atoms with E-state index in [2.05, 4.69) is 9.47 Å². The molecule has 5 nitrogen and oxygen atoms in total. The van der Waals surface area contributed by atoms with Crippen molar-refractivity contribution in [2.24, 2.45) is 0 Å². The molecule has 0 bridgehead atoms. The summed E-state index contributed by atoms with van der Waals surface area (Å²) in [6.07, 6.45) is -5.39. The molecule has 1 aromatic rings. The van der Waals surface area contributed by atoms with Gasteiger partial charge in [-0.05, 0) is 19.1 Å².